The summed E-state index contributed by atoms with van der Waals surface area (Å²) in [6.45, 7) is 3.35. The number of hydrogen-bond acceptors (Lipinski definition) is 5. The van der Waals surface area contributed by atoms with E-state index in [0.717, 1.165) is 0 Å². The Hall–Kier alpha value is -2.46. The fourth-order valence-corrected chi connectivity index (χ4v) is 4.14. The fraction of sp³-hybridized carbons (Fsp3) is 0.150. The Bertz CT molecular complexity index is 1300. The first-order valence-electron chi connectivity index (χ1n) is 9.15. The van der Waals surface area contributed by atoms with E-state index >= 15 is 0 Å². The van der Waals surface area contributed by atoms with Crippen LogP contribution in [0.15, 0.2) is 46.1 Å². The highest BCUT2D eigenvalue weighted by Gasteiger charge is 2.36. The van der Waals surface area contributed by atoms with Crippen molar-refractivity contribution in [3.63, 3.8) is 0 Å². The number of hydrogen-bond donors (Lipinski definition) is 2. The first kappa shape index (κ1) is 22.7. The van der Waals surface area contributed by atoms with E-state index in [1.54, 1.807) is 32.0 Å². The average molecular weight is 557 g/mol. The SMILES string of the molecule is CC1(C)N=C(c2cc(Cl)cc(Cl)c2NC(=O)c2cc(Br)nn2-c2ncccc2Cl)NC1=O. The van der Waals surface area contributed by atoms with E-state index in [-0.39, 0.29) is 34.0 Å². The van der Waals surface area contributed by atoms with Crippen molar-refractivity contribution in [2.45, 2.75) is 19.4 Å². The maximum Gasteiger partial charge on any atom is 0.274 e. The zero-order chi connectivity index (χ0) is 23.2. The summed E-state index contributed by atoms with van der Waals surface area (Å²) in [5.41, 5.74) is -0.221. The highest BCUT2D eigenvalue weighted by Crippen LogP contribution is 2.33. The first-order valence-corrected chi connectivity index (χ1v) is 11.1. The minimum absolute atomic E-state index is 0.146. The molecule has 2 amide bonds. The molecule has 3 heterocycles. The Morgan fingerprint density at radius 2 is 1.94 bits per heavy atom. The number of carbonyl (C=O) groups is 2. The molecule has 0 fully saturated rings. The molecule has 2 N–H and O–H groups in total. The number of nitrogens with one attached hydrogen (secondary N) is 2. The predicted molar refractivity (Wildman–Crippen MR) is 127 cm³/mol. The zero-order valence-corrected chi connectivity index (χ0v) is 20.4. The van der Waals surface area contributed by atoms with E-state index in [0.29, 0.717) is 20.2 Å². The molecule has 0 bridgehead atoms. The summed E-state index contributed by atoms with van der Waals surface area (Å²) in [5.74, 6) is -0.295. The van der Waals surface area contributed by atoms with Gasteiger partial charge < -0.3 is 10.6 Å². The molecule has 0 aliphatic carbocycles. The number of rotatable bonds is 4. The van der Waals surface area contributed by atoms with Gasteiger partial charge in [0.15, 0.2) is 5.82 Å². The quantitative estimate of drug-likeness (QED) is 0.478. The van der Waals surface area contributed by atoms with Crippen molar-refractivity contribution in [2.75, 3.05) is 5.32 Å². The van der Waals surface area contributed by atoms with Crippen LogP contribution in [0.5, 0.6) is 0 Å². The summed E-state index contributed by atoms with van der Waals surface area (Å²) in [4.78, 5) is 34.1. The molecule has 0 unspecified atom stereocenters. The van der Waals surface area contributed by atoms with E-state index in [9.17, 15) is 9.59 Å². The number of halogens is 4. The van der Waals surface area contributed by atoms with Gasteiger partial charge in [-0.1, -0.05) is 34.8 Å². The minimum atomic E-state index is -0.968. The Morgan fingerprint density at radius 1 is 1.19 bits per heavy atom. The van der Waals surface area contributed by atoms with Gasteiger partial charge in [-0.3, -0.25) is 14.6 Å². The molecule has 2 aromatic heterocycles. The van der Waals surface area contributed by atoms with Gasteiger partial charge in [0.1, 0.15) is 21.7 Å². The third-order valence-electron chi connectivity index (χ3n) is 4.58. The molecule has 4 rings (SSSR count). The summed E-state index contributed by atoms with van der Waals surface area (Å²) < 4.78 is 1.71. The van der Waals surface area contributed by atoms with Gasteiger partial charge in [-0.15, -0.1) is 0 Å². The summed E-state index contributed by atoms with van der Waals surface area (Å²) in [6.07, 6.45) is 1.54. The second-order valence-corrected chi connectivity index (χ2v) is 9.37. The molecule has 1 aromatic carbocycles. The van der Waals surface area contributed by atoms with E-state index in [4.69, 9.17) is 34.8 Å². The standard InChI is InChI=1S/C20H14BrCl3N6O2/c1-20(2)19(32)27-16(28-20)10-6-9(22)7-12(24)15(10)26-18(31)13-8-14(21)29-30(13)17-11(23)4-3-5-25-17/h3-8H,1-2H3,(H,26,31)(H,27,28,32). The van der Waals surface area contributed by atoms with Gasteiger partial charge in [0.25, 0.3) is 11.8 Å². The topological polar surface area (TPSA) is 101 Å². The lowest BCUT2D eigenvalue weighted by Gasteiger charge is -2.14. The lowest BCUT2D eigenvalue weighted by atomic mass is 10.1. The fourth-order valence-electron chi connectivity index (χ4n) is 3.02. The van der Waals surface area contributed by atoms with Crippen LogP contribution < -0.4 is 10.6 Å². The lowest BCUT2D eigenvalue weighted by Crippen LogP contribution is -2.34. The molecule has 8 nitrogen and oxygen atoms in total. The molecule has 12 heteroatoms. The Labute approximate surface area is 206 Å². The number of carbonyl (C=O) groups excluding carboxylic acids is 2. The molecule has 0 radical (unpaired) electrons. The number of aromatic nitrogens is 3. The predicted octanol–water partition coefficient (Wildman–Crippen LogP) is 4.90. The van der Waals surface area contributed by atoms with Gasteiger partial charge in [-0.05, 0) is 54.0 Å². The van der Waals surface area contributed by atoms with Gasteiger partial charge in [-0.25, -0.2) is 9.67 Å². The molecule has 164 valence electrons. The zero-order valence-electron chi connectivity index (χ0n) is 16.6. The van der Waals surface area contributed by atoms with Crippen LogP contribution in [0.1, 0.15) is 29.9 Å². The molecule has 0 saturated heterocycles. The van der Waals surface area contributed by atoms with Crippen LogP contribution in [0.2, 0.25) is 15.1 Å². The van der Waals surface area contributed by atoms with Gasteiger partial charge in [-0.2, -0.15) is 5.10 Å². The second-order valence-electron chi connectivity index (χ2n) is 7.31. The largest absolute Gasteiger partial charge is 0.319 e. The van der Waals surface area contributed by atoms with E-state index in [2.05, 4.69) is 41.6 Å². The Kier molecular flexibility index (Phi) is 6.02. The van der Waals surface area contributed by atoms with Gasteiger partial charge in [0.2, 0.25) is 0 Å². The summed E-state index contributed by atoms with van der Waals surface area (Å²) in [7, 11) is 0. The lowest BCUT2D eigenvalue weighted by molar-refractivity contribution is -0.122. The van der Waals surface area contributed by atoms with Crippen LogP contribution in [-0.4, -0.2) is 38.0 Å². The molecule has 3 aromatic rings. The second kappa shape index (κ2) is 8.47. The van der Waals surface area contributed by atoms with Crippen molar-refractivity contribution in [3.8, 4) is 5.82 Å². The smallest absolute Gasteiger partial charge is 0.274 e. The molecule has 1 aliphatic rings. The van der Waals surface area contributed by atoms with Crippen molar-refractivity contribution in [2.24, 2.45) is 4.99 Å². The van der Waals surface area contributed by atoms with Crippen molar-refractivity contribution < 1.29 is 9.59 Å². The highest BCUT2D eigenvalue weighted by molar-refractivity contribution is 9.10. The number of pyridine rings is 1. The van der Waals surface area contributed by atoms with Gasteiger partial charge in [0, 0.05) is 22.8 Å². The van der Waals surface area contributed by atoms with Crippen LogP contribution in [0.3, 0.4) is 0 Å². The first-order chi connectivity index (χ1) is 15.1. The van der Waals surface area contributed by atoms with Gasteiger partial charge in [0.05, 0.1) is 15.7 Å². The molecular weight excluding hydrogens is 543 g/mol. The van der Waals surface area contributed by atoms with Crippen LogP contribution in [-0.2, 0) is 4.79 Å². The summed E-state index contributed by atoms with van der Waals surface area (Å²) in [6, 6.07) is 7.86. The van der Waals surface area contributed by atoms with Crippen molar-refractivity contribution in [1.29, 1.82) is 0 Å². The number of anilines is 1. The van der Waals surface area contributed by atoms with E-state index in [1.807, 2.05) is 0 Å². The van der Waals surface area contributed by atoms with Crippen molar-refractivity contribution in [3.05, 3.63) is 67.5 Å². The van der Waals surface area contributed by atoms with Crippen LogP contribution in [0.4, 0.5) is 5.69 Å². The molecular formula is C20H14BrCl3N6O2. The minimum Gasteiger partial charge on any atom is -0.319 e. The average Bonchev–Trinajstić information content (AvgIpc) is 3.23. The molecule has 0 saturated carbocycles. The van der Waals surface area contributed by atoms with Crippen LogP contribution in [0, 0.1) is 0 Å². The normalized spacial score (nSPS) is 14.8. The third kappa shape index (κ3) is 4.25. The summed E-state index contributed by atoms with van der Waals surface area (Å²) in [5, 5.41) is 10.5. The summed E-state index contributed by atoms with van der Waals surface area (Å²) >= 11 is 22.1. The monoisotopic (exact) mass is 554 g/mol. The molecule has 1 aliphatic heterocycles. The third-order valence-corrected chi connectivity index (χ3v) is 5.78. The van der Waals surface area contributed by atoms with E-state index < -0.39 is 11.4 Å². The van der Waals surface area contributed by atoms with Crippen molar-refractivity contribution in [1.82, 2.24) is 20.1 Å². The number of nitrogens with zero attached hydrogens (tertiary/aromatic N) is 4. The highest BCUT2D eigenvalue weighted by atomic mass is 79.9. The maximum atomic E-state index is 13.2. The molecule has 32 heavy (non-hydrogen) atoms. The van der Waals surface area contributed by atoms with Crippen molar-refractivity contribution >= 4 is 74.1 Å². The van der Waals surface area contributed by atoms with E-state index in [1.165, 1.54) is 23.0 Å². The number of aliphatic imine (C=N–C) groups is 1. The van der Waals surface area contributed by atoms with Crippen LogP contribution in [0.25, 0.3) is 5.82 Å². The van der Waals surface area contributed by atoms with Gasteiger partial charge >= 0.3 is 0 Å². The number of amides is 2. The number of amidine groups is 1. The number of benzene rings is 1. The molecule has 0 atom stereocenters. The Morgan fingerprint density at radius 3 is 2.59 bits per heavy atom. The Balaban J connectivity index is 1.77. The maximum absolute atomic E-state index is 13.2. The van der Waals surface area contributed by atoms with Crippen LogP contribution >= 0.6 is 50.7 Å². The molecule has 0 spiro atoms.